The zero-order valence-electron chi connectivity index (χ0n) is 9.09. The second-order valence-corrected chi connectivity index (χ2v) is 4.57. The van der Waals surface area contributed by atoms with E-state index in [1.165, 1.54) is 0 Å². The number of aromatic nitrogens is 1. The number of hydrogen-bond donors (Lipinski definition) is 2. The molecule has 2 heterocycles. The van der Waals surface area contributed by atoms with Gasteiger partial charge in [0.2, 0.25) is 0 Å². The van der Waals surface area contributed by atoms with Crippen molar-refractivity contribution in [1.82, 2.24) is 10.3 Å². The lowest BCUT2D eigenvalue weighted by atomic mass is 9.97. The number of H-pyrrole nitrogens is 1. The predicted molar refractivity (Wildman–Crippen MR) is 62.9 cm³/mol. The molecule has 0 radical (unpaired) electrons. The largest absolute Gasteiger partial charge is 0.361 e. The summed E-state index contributed by atoms with van der Waals surface area (Å²) >= 11 is 0. The highest BCUT2D eigenvalue weighted by molar-refractivity contribution is 5.80. The van der Waals surface area contributed by atoms with Gasteiger partial charge in [0.15, 0.2) is 0 Å². The van der Waals surface area contributed by atoms with Crippen LogP contribution in [-0.2, 0) is 6.42 Å². The highest BCUT2D eigenvalue weighted by Gasteiger charge is 2.17. The molecule has 1 unspecified atom stereocenters. The van der Waals surface area contributed by atoms with Crippen LogP contribution < -0.4 is 5.32 Å². The number of aromatic amines is 1. The van der Waals surface area contributed by atoms with Crippen molar-refractivity contribution in [1.29, 1.82) is 0 Å². The van der Waals surface area contributed by atoms with Crippen molar-refractivity contribution in [2.24, 2.45) is 5.92 Å². The molecule has 1 aliphatic rings. The molecule has 1 saturated heterocycles. The molecule has 2 N–H and O–H groups in total. The van der Waals surface area contributed by atoms with Gasteiger partial charge in [0.05, 0.1) is 0 Å². The minimum absolute atomic E-state index is 0.0704. The fraction of sp³-hybridized carbons (Fsp3) is 0.385. The summed E-state index contributed by atoms with van der Waals surface area (Å²) in [6.45, 7) is 2.08. The molecule has 0 aliphatic carbocycles. The maximum atomic E-state index is 13.8. The van der Waals surface area contributed by atoms with E-state index in [1.54, 1.807) is 6.07 Å². The Bertz CT molecular complexity index is 498. The number of hydrogen-bond acceptors (Lipinski definition) is 1. The lowest BCUT2D eigenvalue weighted by molar-refractivity contribution is 0.545. The first-order chi connectivity index (χ1) is 7.83. The monoisotopic (exact) mass is 218 g/mol. The molecular formula is C13H15FN2. The van der Waals surface area contributed by atoms with Crippen molar-refractivity contribution in [2.75, 3.05) is 13.1 Å². The molecule has 0 amide bonds. The van der Waals surface area contributed by atoms with Gasteiger partial charge in [-0.2, -0.15) is 0 Å². The van der Waals surface area contributed by atoms with Gasteiger partial charge in [-0.05, 0) is 55.6 Å². The van der Waals surface area contributed by atoms with E-state index in [1.807, 2.05) is 18.3 Å². The average Bonchev–Trinajstić information content (AvgIpc) is 2.89. The number of benzene rings is 1. The van der Waals surface area contributed by atoms with Gasteiger partial charge in [-0.3, -0.25) is 0 Å². The third-order valence-corrected chi connectivity index (χ3v) is 3.39. The van der Waals surface area contributed by atoms with Crippen molar-refractivity contribution in [3.8, 4) is 0 Å². The Morgan fingerprint density at radius 3 is 3.12 bits per heavy atom. The highest BCUT2D eigenvalue weighted by Crippen LogP contribution is 2.22. The number of nitrogens with one attached hydrogen (secondary N) is 2. The molecule has 1 fully saturated rings. The Labute approximate surface area is 93.9 Å². The van der Waals surface area contributed by atoms with Gasteiger partial charge < -0.3 is 10.3 Å². The molecule has 3 heteroatoms. The molecule has 0 bridgehead atoms. The zero-order chi connectivity index (χ0) is 11.0. The lowest BCUT2D eigenvalue weighted by Gasteiger charge is -2.09. The van der Waals surface area contributed by atoms with Crippen molar-refractivity contribution >= 4 is 10.9 Å². The van der Waals surface area contributed by atoms with Gasteiger partial charge in [0.1, 0.15) is 5.82 Å². The molecule has 1 aliphatic heterocycles. The van der Waals surface area contributed by atoms with Crippen molar-refractivity contribution in [3.05, 3.63) is 35.8 Å². The first kappa shape index (κ1) is 9.85. The molecule has 16 heavy (non-hydrogen) atoms. The van der Waals surface area contributed by atoms with Crippen LogP contribution in [0.15, 0.2) is 24.4 Å². The lowest BCUT2D eigenvalue weighted by Crippen LogP contribution is -2.11. The third-order valence-electron chi connectivity index (χ3n) is 3.39. The van der Waals surface area contributed by atoms with E-state index >= 15 is 0 Å². The fourth-order valence-corrected chi connectivity index (χ4v) is 2.47. The maximum Gasteiger partial charge on any atom is 0.127 e. The van der Waals surface area contributed by atoms with Crippen LogP contribution in [-0.4, -0.2) is 18.1 Å². The molecule has 84 valence electrons. The molecule has 1 atom stereocenters. The highest BCUT2D eigenvalue weighted by atomic mass is 19.1. The average molecular weight is 218 g/mol. The quantitative estimate of drug-likeness (QED) is 0.796. The van der Waals surface area contributed by atoms with Crippen LogP contribution in [0.25, 0.3) is 10.9 Å². The van der Waals surface area contributed by atoms with E-state index in [4.69, 9.17) is 0 Å². The van der Waals surface area contributed by atoms with Crippen LogP contribution in [0.3, 0.4) is 0 Å². The number of fused-ring (bicyclic) bond motifs is 1. The van der Waals surface area contributed by atoms with E-state index in [2.05, 4.69) is 10.3 Å². The molecule has 3 rings (SSSR count). The summed E-state index contributed by atoms with van der Waals surface area (Å²) in [6, 6.07) is 5.48. The third kappa shape index (κ3) is 1.71. The molecular weight excluding hydrogens is 203 g/mol. The molecule has 1 aromatic carbocycles. The van der Waals surface area contributed by atoms with E-state index in [0.29, 0.717) is 5.92 Å². The Balaban J connectivity index is 1.92. The van der Waals surface area contributed by atoms with Gasteiger partial charge >= 0.3 is 0 Å². The molecule has 2 aromatic rings. The molecule has 2 nitrogen and oxygen atoms in total. The summed E-state index contributed by atoms with van der Waals surface area (Å²) in [5, 5.41) is 4.26. The summed E-state index contributed by atoms with van der Waals surface area (Å²) in [5.74, 6) is 0.515. The molecule has 0 spiro atoms. The maximum absolute atomic E-state index is 13.8. The van der Waals surface area contributed by atoms with Crippen LogP contribution in [0.2, 0.25) is 0 Å². The smallest absolute Gasteiger partial charge is 0.127 e. The zero-order valence-corrected chi connectivity index (χ0v) is 9.09. The SMILES string of the molecule is Fc1cc2cc[nH]c2cc1CC1CCNC1. The van der Waals surface area contributed by atoms with E-state index in [-0.39, 0.29) is 5.82 Å². The van der Waals surface area contributed by atoms with Gasteiger partial charge in [-0.25, -0.2) is 4.39 Å². The Kier molecular flexibility index (Phi) is 2.40. The van der Waals surface area contributed by atoms with Crippen molar-refractivity contribution in [3.63, 3.8) is 0 Å². The van der Waals surface area contributed by atoms with Gasteiger partial charge in [0.25, 0.3) is 0 Å². The van der Waals surface area contributed by atoms with E-state index in [0.717, 1.165) is 42.4 Å². The summed E-state index contributed by atoms with van der Waals surface area (Å²) in [7, 11) is 0. The number of rotatable bonds is 2. The normalized spacial score (nSPS) is 20.7. The first-order valence-electron chi connectivity index (χ1n) is 5.79. The minimum atomic E-state index is -0.0704. The van der Waals surface area contributed by atoms with Gasteiger partial charge in [0, 0.05) is 17.1 Å². The summed E-state index contributed by atoms with van der Waals surface area (Å²) in [5.41, 5.74) is 1.87. The summed E-state index contributed by atoms with van der Waals surface area (Å²) < 4.78 is 13.8. The predicted octanol–water partition coefficient (Wildman–Crippen LogP) is 2.46. The van der Waals surface area contributed by atoms with Crippen LogP contribution in [0.1, 0.15) is 12.0 Å². The fourth-order valence-electron chi connectivity index (χ4n) is 2.47. The molecule has 0 saturated carbocycles. The minimum Gasteiger partial charge on any atom is -0.361 e. The summed E-state index contributed by atoms with van der Waals surface area (Å²) in [6.07, 6.45) is 3.85. The first-order valence-corrected chi connectivity index (χ1v) is 5.79. The molecule has 1 aromatic heterocycles. The van der Waals surface area contributed by atoms with Crippen LogP contribution in [0.5, 0.6) is 0 Å². The van der Waals surface area contributed by atoms with E-state index < -0.39 is 0 Å². The topological polar surface area (TPSA) is 27.8 Å². The Morgan fingerprint density at radius 1 is 1.38 bits per heavy atom. The van der Waals surface area contributed by atoms with Gasteiger partial charge in [-0.15, -0.1) is 0 Å². The number of halogens is 1. The second kappa shape index (κ2) is 3.91. The van der Waals surface area contributed by atoms with E-state index in [9.17, 15) is 4.39 Å². The van der Waals surface area contributed by atoms with Crippen molar-refractivity contribution < 1.29 is 4.39 Å². The van der Waals surface area contributed by atoms with Crippen LogP contribution in [0, 0.1) is 11.7 Å². The standard InChI is InChI=1S/C13H15FN2/c14-12-6-10-2-4-16-13(10)7-11(12)5-9-1-3-15-8-9/h2,4,6-7,9,15-16H,1,3,5,8H2. The van der Waals surface area contributed by atoms with Gasteiger partial charge in [-0.1, -0.05) is 0 Å². The Morgan fingerprint density at radius 2 is 2.31 bits per heavy atom. The van der Waals surface area contributed by atoms with Crippen LogP contribution in [0.4, 0.5) is 4.39 Å². The summed E-state index contributed by atoms with van der Waals surface area (Å²) in [4.78, 5) is 3.13. The van der Waals surface area contributed by atoms with Crippen molar-refractivity contribution in [2.45, 2.75) is 12.8 Å². The Hall–Kier alpha value is -1.35. The van der Waals surface area contributed by atoms with Crippen LogP contribution >= 0.6 is 0 Å². The second-order valence-electron chi connectivity index (χ2n) is 4.57.